The normalized spacial score (nSPS) is 17.9. The molecule has 5 nitrogen and oxygen atoms in total. The van der Waals surface area contributed by atoms with Gasteiger partial charge in [-0.1, -0.05) is 32.0 Å². The molecule has 2 aliphatic heterocycles. The minimum Gasteiger partial charge on any atom is -0.340 e. The lowest BCUT2D eigenvalue weighted by Gasteiger charge is -2.36. The molecule has 0 spiro atoms. The van der Waals surface area contributed by atoms with Crippen LogP contribution in [-0.2, 0) is 16.0 Å². The van der Waals surface area contributed by atoms with Crippen molar-refractivity contribution in [1.82, 2.24) is 9.80 Å². The van der Waals surface area contributed by atoms with Crippen LogP contribution >= 0.6 is 0 Å². The predicted octanol–water partition coefficient (Wildman–Crippen LogP) is 2.16. The molecule has 1 saturated heterocycles. The average molecular weight is 343 g/mol. The molecule has 0 bridgehead atoms. The Morgan fingerprint density at radius 2 is 1.68 bits per heavy atom. The van der Waals surface area contributed by atoms with E-state index in [-0.39, 0.29) is 17.7 Å². The number of amides is 2. The van der Waals surface area contributed by atoms with E-state index in [1.54, 1.807) is 0 Å². The van der Waals surface area contributed by atoms with E-state index in [1.807, 2.05) is 28.0 Å². The summed E-state index contributed by atoms with van der Waals surface area (Å²) in [7, 11) is 0. The summed E-state index contributed by atoms with van der Waals surface area (Å²) in [6.07, 6.45) is 2.75. The molecular weight excluding hydrogens is 314 g/mol. The van der Waals surface area contributed by atoms with Gasteiger partial charge in [0.2, 0.25) is 11.8 Å². The van der Waals surface area contributed by atoms with Gasteiger partial charge in [-0.05, 0) is 30.9 Å². The van der Waals surface area contributed by atoms with Gasteiger partial charge in [-0.3, -0.25) is 14.5 Å². The molecule has 2 heterocycles. The Morgan fingerprint density at radius 3 is 2.36 bits per heavy atom. The Kier molecular flexibility index (Phi) is 5.74. The molecule has 0 aliphatic carbocycles. The summed E-state index contributed by atoms with van der Waals surface area (Å²) < 4.78 is 0. The lowest BCUT2D eigenvalue weighted by molar-refractivity contribution is -0.137. The molecule has 1 aromatic carbocycles. The molecule has 0 N–H and O–H groups in total. The van der Waals surface area contributed by atoms with Crippen LogP contribution in [0.15, 0.2) is 24.3 Å². The number of nitrogens with zero attached hydrogens (tertiary/aromatic N) is 3. The molecular formula is C20H29N3O2. The smallest absolute Gasteiger partial charge is 0.241 e. The third-order valence-corrected chi connectivity index (χ3v) is 5.57. The number of para-hydroxylation sites is 1. The number of hydrogen-bond acceptors (Lipinski definition) is 3. The standard InChI is InChI=1S/C20H29N3O2/c1-3-16(4-2)20(25)22-13-11-21(12-14-22)15-19(24)23-10-9-17-7-5-6-8-18(17)23/h5-8,16H,3-4,9-15H2,1-2H3. The maximum Gasteiger partial charge on any atom is 0.241 e. The van der Waals surface area contributed by atoms with Gasteiger partial charge in [0.15, 0.2) is 0 Å². The Morgan fingerprint density at radius 1 is 1.00 bits per heavy atom. The molecule has 2 aliphatic rings. The second kappa shape index (κ2) is 8.00. The van der Waals surface area contributed by atoms with Crippen LogP contribution in [-0.4, -0.2) is 60.9 Å². The fourth-order valence-corrected chi connectivity index (χ4v) is 3.90. The molecule has 2 amide bonds. The number of anilines is 1. The van der Waals surface area contributed by atoms with Crippen LogP contribution < -0.4 is 4.90 Å². The molecule has 25 heavy (non-hydrogen) atoms. The number of carbonyl (C=O) groups excluding carboxylic acids is 2. The molecule has 136 valence electrons. The van der Waals surface area contributed by atoms with Gasteiger partial charge >= 0.3 is 0 Å². The largest absolute Gasteiger partial charge is 0.340 e. The van der Waals surface area contributed by atoms with E-state index in [4.69, 9.17) is 0 Å². The summed E-state index contributed by atoms with van der Waals surface area (Å²) in [6.45, 7) is 8.43. The average Bonchev–Trinajstić information content (AvgIpc) is 3.07. The van der Waals surface area contributed by atoms with Crippen molar-refractivity contribution in [3.05, 3.63) is 29.8 Å². The number of carbonyl (C=O) groups is 2. The van der Waals surface area contributed by atoms with Crippen molar-refractivity contribution < 1.29 is 9.59 Å². The lowest BCUT2D eigenvalue weighted by Crippen LogP contribution is -2.52. The highest BCUT2D eigenvalue weighted by molar-refractivity contribution is 5.96. The minimum absolute atomic E-state index is 0.147. The molecule has 3 rings (SSSR count). The summed E-state index contributed by atoms with van der Waals surface area (Å²) in [5.74, 6) is 0.600. The molecule has 0 unspecified atom stereocenters. The number of benzene rings is 1. The summed E-state index contributed by atoms with van der Waals surface area (Å²) >= 11 is 0. The van der Waals surface area contributed by atoms with Crippen LogP contribution in [0.1, 0.15) is 32.3 Å². The Balaban J connectivity index is 1.51. The third kappa shape index (κ3) is 3.87. The maximum absolute atomic E-state index is 12.7. The molecule has 0 radical (unpaired) electrons. The Labute approximate surface area is 150 Å². The third-order valence-electron chi connectivity index (χ3n) is 5.57. The maximum atomic E-state index is 12.7. The van der Waals surface area contributed by atoms with Crippen LogP contribution in [0.4, 0.5) is 5.69 Å². The lowest BCUT2D eigenvalue weighted by atomic mass is 10.0. The topological polar surface area (TPSA) is 43.9 Å². The van der Waals surface area contributed by atoms with Crippen molar-refractivity contribution in [2.45, 2.75) is 33.1 Å². The molecule has 0 aromatic heterocycles. The van der Waals surface area contributed by atoms with Crippen LogP contribution in [0.3, 0.4) is 0 Å². The van der Waals surface area contributed by atoms with Crippen molar-refractivity contribution in [2.24, 2.45) is 5.92 Å². The summed E-state index contributed by atoms with van der Waals surface area (Å²) in [5.41, 5.74) is 2.33. The van der Waals surface area contributed by atoms with Gasteiger partial charge in [-0.25, -0.2) is 0 Å². The predicted molar refractivity (Wildman–Crippen MR) is 99.6 cm³/mol. The molecule has 1 aromatic rings. The first-order valence-corrected chi connectivity index (χ1v) is 9.53. The van der Waals surface area contributed by atoms with Crippen LogP contribution in [0.5, 0.6) is 0 Å². The Hall–Kier alpha value is -1.88. The van der Waals surface area contributed by atoms with E-state index in [0.717, 1.165) is 57.7 Å². The highest BCUT2D eigenvalue weighted by atomic mass is 16.2. The fourth-order valence-electron chi connectivity index (χ4n) is 3.90. The molecule has 5 heteroatoms. The van der Waals surface area contributed by atoms with Gasteiger partial charge in [0, 0.05) is 44.3 Å². The van der Waals surface area contributed by atoms with E-state index in [9.17, 15) is 9.59 Å². The first-order chi connectivity index (χ1) is 12.1. The second-order valence-electron chi connectivity index (χ2n) is 7.04. The number of piperazine rings is 1. The monoisotopic (exact) mass is 343 g/mol. The van der Waals surface area contributed by atoms with Crippen molar-refractivity contribution in [3.8, 4) is 0 Å². The fraction of sp³-hybridized carbons (Fsp3) is 0.600. The van der Waals surface area contributed by atoms with Crippen LogP contribution in [0.25, 0.3) is 0 Å². The number of fused-ring (bicyclic) bond motifs is 1. The second-order valence-corrected chi connectivity index (χ2v) is 7.04. The van der Waals surface area contributed by atoms with Gasteiger partial charge in [0.1, 0.15) is 0 Å². The number of rotatable bonds is 5. The van der Waals surface area contributed by atoms with Gasteiger partial charge < -0.3 is 9.80 Å². The van der Waals surface area contributed by atoms with Gasteiger partial charge in [-0.15, -0.1) is 0 Å². The van der Waals surface area contributed by atoms with Gasteiger partial charge in [0.05, 0.1) is 6.54 Å². The van der Waals surface area contributed by atoms with Crippen LogP contribution in [0.2, 0.25) is 0 Å². The van der Waals surface area contributed by atoms with E-state index in [0.29, 0.717) is 6.54 Å². The summed E-state index contributed by atoms with van der Waals surface area (Å²) in [5, 5.41) is 0. The van der Waals surface area contributed by atoms with E-state index in [2.05, 4.69) is 24.8 Å². The Bertz CT molecular complexity index is 619. The first kappa shape index (κ1) is 17.9. The quantitative estimate of drug-likeness (QED) is 0.823. The highest BCUT2D eigenvalue weighted by Gasteiger charge is 2.29. The van der Waals surface area contributed by atoms with Crippen molar-refractivity contribution >= 4 is 17.5 Å². The molecule has 0 atom stereocenters. The molecule has 1 fully saturated rings. The van der Waals surface area contributed by atoms with Gasteiger partial charge in [0.25, 0.3) is 0 Å². The summed E-state index contributed by atoms with van der Waals surface area (Å²) in [4.78, 5) is 31.2. The zero-order valence-corrected chi connectivity index (χ0v) is 15.4. The summed E-state index contributed by atoms with van der Waals surface area (Å²) in [6, 6.07) is 8.16. The van der Waals surface area contributed by atoms with E-state index < -0.39 is 0 Å². The minimum atomic E-state index is 0.147. The highest BCUT2D eigenvalue weighted by Crippen LogP contribution is 2.27. The zero-order chi connectivity index (χ0) is 17.8. The van der Waals surface area contributed by atoms with E-state index in [1.165, 1.54) is 5.56 Å². The van der Waals surface area contributed by atoms with Crippen molar-refractivity contribution in [1.29, 1.82) is 0 Å². The SMILES string of the molecule is CCC(CC)C(=O)N1CCN(CC(=O)N2CCc3ccccc32)CC1. The number of hydrogen-bond donors (Lipinski definition) is 0. The van der Waals surface area contributed by atoms with Crippen molar-refractivity contribution in [2.75, 3.05) is 44.2 Å². The van der Waals surface area contributed by atoms with Crippen LogP contribution in [0, 0.1) is 5.92 Å². The molecule has 0 saturated carbocycles. The first-order valence-electron chi connectivity index (χ1n) is 9.53. The van der Waals surface area contributed by atoms with Gasteiger partial charge in [-0.2, -0.15) is 0 Å². The zero-order valence-electron chi connectivity index (χ0n) is 15.4. The van der Waals surface area contributed by atoms with E-state index >= 15 is 0 Å². The van der Waals surface area contributed by atoms with Crippen molar-refractivity contribution in [3.63, 3.8) is 0 Å².